The molecular formula is C12H17ClN2O2S. The first kappa shape index (κ1) is 13.8. The van der Waals surface area contributed by atoms with Crippen LogP contribution in [-0.2, 0) is 0 Å². The number of nitrogens with zero attached hydrogens (tertiary/aromatic N) is 1. The number of halogens is 1. The van der Waals surface area contributed by atoms with Gasteiger partial charge in [0.15, 0.2) is 0 Å². The summed E-state index contributed by atoms with van der Waals surface area (Å²) in [6, 6.07) is 1.80. The SMILES string of the molecule is Cc1cc(Cl)c(C(=O)NCCN2CCC(O)C2)s1. The Kier molecular flexibility index (Phi) is 4.61. The molecule has 2 heterocycles. The molecule has 6 heteroatoms. The van der Waals surface area contributed by atoms with Crippen LogP contribution in [0.3, 0.4) is 0 Å². The van der Waals surface area contributed by atoms with Gasteiger partial charge in [-0.2, -0.15) is 0 Å². The molecular weight excluding hydrogens is 272 g/mol. The molecule has 1 aliphatic rings. The van der Waals surface area contributed by atoms with Crippen molar-refractivity contribution in [3.63, 3.8) is 0 Å². The maximum atomic E-state index is 11.9. The highest BCUT2D eigenvalue weighted by atomic mass is 35.5. The molecule has 18 heavy (non-hydrogen) atoms. The van der Waals surface area contributed by atoms with Crippen LogP contribution in [0, 0.1) is 6.92 Å². The van der Waals surface area contributed by atoms with Crippen molar-refractivity contribution < 1.29 is 9.90 Å². The molecule has 0 bridgehead atoms. The molecule has 0 aliphatic carbocycles. The zero-order valence-electron chi connectivity index (χ0n) is 10.3. The normalized spacial score (nSPS) is 20.3. The Morgan fingerprint density at radius 1 is 1.72 bits per heavy atom. The van der Waals surface area contributed by atoms with E-state index < -0.39 is 0 Å². The predicted molar refractivity (Wildman–Crippen MR) is 73.5 cm³/mol. The van der Waals surface area contributed by atoms with Crippen molar-refractivity contribution in [3.8, 4) is 0 Å². The van der Waals surface area contributed by atoms with Gasteiger partial charge in [0.25, 0.3) is 5.91 Å². The van der Waals surface area contributed by atoms with E-state index in [1.54, 1.807) is 6.07 Å². The van der Waals surface area contributed by atoms with Gasteiger partial charge >= 0.3 is 0 Å². The van der Waals surface area contributed by atoms with Gasteiger partial charge in [0.05, 0.1) is 11.1 Å². The number of aliphatic hydroxyl groups is 1. The molecule has 0 aromatic carbocycles. The molecule has 4 nitrogen and oxygen atoms in total. The number of hydrogen-bond acceptors (Lipinski definition) is 4. The Morgan fingerprint density at radius 2 is 2.50 bits per heavy atom. The Hall–Kier alpha value is -0.620. The zero-order valence-corrected chi connectivity index (χ0v) is 11.9. The minimum absolute atomic E-state index is 0.113. The number of thiophene rings is 1. The molecule has 1 aromatic heterocycles. The maximum absolute atomic E-state index is 11.9. The molecule has 1 aliphatic heterocycles. The van der Waals surface area contributed by atoms with Gasteiger partial charge in [-0.1, -0.05) is 11.6 Å². The van der Waals surface area contributed by atoms with E-state index in [0.717, 1.165) is 24.4 Å². The van der Waals surface area contributed by atoms with Crippen LogP contribution >= 0.6 is 22.9 Å². The van der Waals surface area contributed by atoms with E-state index in [4.69, 9.17) is 11.6 Å². The second kappa shape index (κ2) is 6.02. The number of rotatable bonds is 4. The van der Waals surface area contributed by atoms with Gasteiger partial charge < -0.3 is 10.4 Å². The van der Waals surface area contributed by atoms with Crippen LogP contribution in [-0.4, -0.2) is 48.2 Å². The summed E-state index contributed by atoms with van der Waals surface area (Å²) in [6.45, 7) is 4.88. The van der Waals surface area contributed by atoms with E-state index in [-0.39, 0.29) is 12.0 Å². The third-order valence-corrected chi connectivity index (χ3v) is 4.44. The lowest BCUT2D eigenvalue weighted by molar-refractivity contribution is 0.0953. The molecule has 1 aromatic rings. The van der Waals surface area contributed by atoms with E-state index in [1.165, 1.54) is 11.3 Å². The number of carbonyl (C=O) groups is 1. The highest BCUT2D eigenvalue weighted by Crippen LogP contribution is 2.25. The molecule has 0 spiro atoms. The van der Waals surface area contributed by atoms with Gasteiger partial charge in [-0.05, 0) is 19.4 Å². The van der Waals surface area contributed by atoms with Crippen molar-refractivity contribution in [2.45, 2.75) is 19.4 Å². The number of hydrogen-bond donors (Lipinski definition) is 2. The summed E-state index contributed by atoms with van der Waals surface area (Å²) in [7, 11) is 0. The Bertz CT molecular complexity index is 436. The fourth-order valence-corrected chi connectivity index (χ4v) is 3.31. The predicted octanol–water partition coefficient (Wildman–Crippen LogP) is 1.51. The molecule has 100 valence electrons. The maximum Gasteiger partial charge on any atom is 0.262 e. The van der Waals surface area contributed by atoms with Crippen molar-refractivity contribution in [1.29, 1.82) is 0 Å². The summed E-state index contributed by atoms with van der Waals surface area (Å²) in [6.07, 6.45) is 0.610. The summed E-state index contributed by atoms with van der Waals surface area (Å²) >= 11 is 7.38. The number of amides is 1. The van der Waals surface area contributed by atoms with Crippen molar-refractivity contribution in [3.05, 3.63) is 20.8 Å². The quantitative estimate of drug-likeness (QED) is 0.883. The monoisotopic (exact) mass is 288 g/mol. The first-order valence-corrected chi connectivity index (χ1v) is 7.20. The fraction of sp³-hybridized carbons (Fsp3) is 0.583. The zero-order chi connectivity index (χ0) is 13.1. The lowest BCUT2D eigenvalue weighted by Crippen LogP contribution is -2.34. The van der Waals surface area contributed by atoms with E-state index >= 15 is 0 Å². The van der Waals surface area contributed by atoms with Crippen LogP contribution in [0.4, 0.5) is 0 Å². The van der Waals surface area contributed by atoms with Gasteiger partial charge in [0, 0.05) is 31.1 Å². The van der Waals surface area contributed by atoms with E-state index in [1.807, 2.05) is 6.92 Å². The van der Waals surface area contributed by atoms with E-state index in [2.05, 4.69) is 10.2 Å². The van der Waals surface area contributed by atoms with Crippen LogP contribution < -0.4 is 5.32 Å². The lowest BCUT2D eigenvalue weighted by atomic mass is 10.3. The second-order valence-corrected chi connectivity index (χ2v) is 6.20. The molecule has 0 saturated carbocycles. The highest BCUT2D eigenvalue weighted by Gasteiger charge is 2.20. The molecule has 1 saturated heterocycles. The molecule has 1 fully saturated rings. The first-order valence-electron chi connectivity index (χ1n) is 6.01. The summed E-state index contributed by atoms with van der Waals surface area (Å²) in [4.78, 5) is 15.6. The number of likely N-dealkylation sites (tertiary alicyclic amines) is 1. The molecule has 1 amide bonds. The van der Waals surface area contributed by atoms with Crippen LogP contribution in [0.25, 0.3) is 0 Å². The van der Waals surface area contributed by atoms with Crippen LogP contribution in [0.15, 0.2) is 6.07 Å². The fourth-order valence-electron chi connectivity index (χ4n) is 2.06. The summed E-state index contributed by atoms with van der Waals surface area (Å²) < 4.78 is 0. The lowest BCUT2D eigenvalue weighted by Gasteiger charge is -2.14. The van der Waals surface area contributed by atoms with Gasteiger partial charge in [-0.15, -0.1) is 11.3 Å². The number of β-amino-alcohol motifs (C(OH)–C–C–N with tert-alkyl or cyclic N) is 1. The smallest absolute Gasteiger partial charge is 0.262 e. The van der Waals surface area contributed by atoms with Crippen LogP contribution in [0.2, 0.25) is 5.02 Å². The number of aryl methyl sites for hydroxylation is 1. The van der Waals surface area contributed by atoms with Crippen molar-refractivity contribution >= 4 is 28.8 Å². The number of aliphatic hydroxyl groups excluding tert-OH is 1. The minimum Gasteiger partial charge on any atom is -0.392 e. The Balaban J connectivity index is 1.77. The summed E-state index contributed by atoms with van der Waals surface area (Å²) in [5.41, 5.74) is 0. The Morgan fingerprint density at radius 3 is 3.06 bits per heavy atom. The third kappa shape index (κ3) is 3.45. The van der Waals surface area contributed by atoms with Gasteiger partial charge in [-0.25, -0.2) is 0 Å². The first-order chi connectivity index (χ1) is 8.56. The third-order valence-electron chi connectivity index (χ3n) is 2.98. The average molecular weight is 289 g/mol. The molecule has 0 radical (unpaired) electrons. The highest BCUT2D eigenvalue weighted by molar-refractivity contribution is 7.14. The number of carbonyl (C=O) groups excluding carboxylic acids is 1. The van der Waals surface area contributed by atoms with Crippen LogP contribution in [0.1, 0.15) is 21.0 Å². The number of nitrogens with one attached hydrogen (secondary N) is 1. The average Bonchev–Trinajstić information content (AvgIpc) is 2.85. The van der Waals surface area contributed by atoms with Gasteiger partial charge in [0.2, 0.25) is 0 Å². The minimum atomic E-state index is -0.213. The summed E-state index contributed by atoms with van der Waals surface area (Å²) in [5, 5.41) is 12.8. The molecule has 2 rings (SSSR count). The standard InChI is InChI=1S/C12H17ClN2O2S/c1-8-6-10(13)11(18-8)12(17)14-3-5-15-4-2-9(16)7-15/h6,9,16H,2-5,7H2,1H3,(H,14,17). The van der Waals surface area contributed by atoms with Gasteiger partial charge in [-0.3, -0.25) is 9.69 Å². The summed E-state index contributed by atoms with van der Waals surface area (Å²) in [5.74, 6) is -0.113. The van der Waals surface area contributed by atoms with Gasteiger partial charge in [0.1, 0.15) is 4.88 Å². The van der Waals surface area contributed by atoms with Crippen molar-refractivity contribution in [2.75, 3.05) is 26.2 Å². The van der Waals surface area contributed by atoms with E-state index in [0.29, 0.717) is 23.0 Å². The van der Waals surface area contributed by atoms with Crippen molar-refractivity contribution in [1.82, 2.24) is 10.2 Å². The van der Waals surface area contributed by atoms with Crippen LogP contribution in [0.5, 0.6) is 0 Å². The molecule has 1 unspecified atom stereocenters. The Labute approximate surface area is 116 Å². The van der Waals surface area contributed by atoms with E-state index in [9.17, 15) is 9.90 Å². The largest absolute Gasteiger partial charge is 0.392 e. The molecule has 1 atom stereocenters. The molecule has 2 N–H and O–H groups in total. The van der Waals surface area contributed by atoms with Crippen molar-refractivity contribution in [2.24, 2.45) is 0 Å². The topological polar surface area (TPSA) is 52.6 Å². The second-order valence-electron chi connectivity index (χ2n) is 4.53.